The summed E-state index contributed by atoms with van der Waals surface area (Å²) in [7, 11) is 2.12. The SMILES string of the molecule is CCc1cc2c(-c3ccccc3)cc(=O)oc2c(CN2CCN(C)CC2)c1O. The van der Waals surface area contributed by atoms with Crippen LogP contribution in [0.25, 0.3) is 22.1 Å². The lowest BCUT2D eigenvalue weighted by atomic mass is 9.96. The Kier molecular flexibility index (Phi) is 5.20. The third kappa shape index (κ3) is 3.55. The van der Waals surface area contributed by atoms with Crippen molar-refractivity contribution in [2.24, 2.45) is 0 Å². The van der Waals surface area contributed by atoms with Gasteiger partial charge in [-0.05, 0) is 36.2 Å². The molecule has 1 aliphatic rings. The molecule has 4 rings (SSSR count). The summed E-state index contributed by atoms with van der Waals surface area (Å²) < 4.78 is 5.65. The van der Waals surface area contributed by atoms with Crippen LogP contribution in [0, 0.1) is 0 Å². The van der Waals surface area contributed by atoms with Crippen LogP contribution in [0.3, 0.4) is 0 Å². The first kappa shape index (κ1) is 18.7. The van der Waals surface area contributed by atoms with Gasteiger partial charge in [-0.3, -0.25) is 4.90 Å². The summed E-state index contributed by atoms with van der Waals surface area (Å²) in [5.74, 6) is 0.252. The maximum absolute atomic E-state index is 12.4. The topological polar surface area (TPSA) is 56.9 Å². The van der Waals surface area contributed by atoms with Crippen LogP contribution in [0.4, 0.5) is 0 Å². The number of piperazine rings is 1. The van der Waals surface area contributed by atoms with Gasteiger partial charge >= 0.3 is 5.63 Å². The highest BCUT2D eigenvalue weighted by Gasteiger charge is 2.22. The molecule has 1 aliphatic heterocycles. The third-order valence-electron chi connectivity index (χ3n) is 5.63. The Bertz CT molecular complexity index is 1040. The van der Waals surface area contributed by atoms with Crippen molar-refractivity contribution in [3.8, 4) is 16.9 Å². The highest BCUT2D eigenvalue weighted by Crippen LogP contribution is 2.36. The van der Waals surface area contributed by atoms with Crippen LogP contribution < -0.4 is 5.63 Å². The molecule has 1 N–H and O–H groups in total. The van der Waals surface area contributed by atoms with Gasteiger partial charge in [0.05, 0.1) is 5.56 Å². The van der Waals surface area contributed by atoms with Crippen LogP contribution in [0.15, 0.2) is 51.7 Å². The molecule has 0 saturated carbocycles. The minimum Gasteiger partial charge on any atom is -0.507 e. The van der Waals surface area contributed by atoms with Crippen molar-refractivity contribution in [2.45, 2.75) is 19.9 Å². The fraction of sp³-hybridized carbons (Fsp3) is 0.348. The largest absolute Gasteiger partial charge is 0.507 e. The molecule has 28 heavy (non-hydrogen) atoms. The van der Waals surface area contributed by atoms with Crippen molar-refractivity contribution >= 4 is 11.0 Å². The number of hydrogen-bond donors (Lipinski definition) is 1. The first-order chi connectivity index (χ1) is 13.6. The first-order valence-electron chi connectivity index (χ1n) is 9.84. The van der Waals surface area contributed by atoms with E-state index in [1.165, 1.54) is 0 Å². The van der Waals surface area contributed by atoms with Crippen LogP contribution in [0.1, 0.15) is 18.1 Å². The smallest absolute Gasteiger partial charge is 0.336 e. The fourth-order valence-corrected chi connectivity index (χ4v) is 3.92. The molecule has 5 heteroatoms. The number of likely N-dealkylation sites (N-methyl/N-ethyl adjacent to an activating group) is 1. The number of benzene rings is 2. The molecule has 0 bridgehead atoms. The molecule has 2 aromatic carbocycles. The van der Waals surface area contributed by atoms with Gasteiger partial charge in [-0.1, -0.05) is 37.3 Å². The van der Waals surface area contributed by atoms with E-state index in [1.54, 1.807) is 6.07 Å². The second kappa shape index (κ2) is 7.78. The molecular formula is C23H26N2O3. The monoisotopic (exact) mass is 378 g/mol. The fourth-order valence-electron chi connectivity index (χ4n) is 3.92. The Labute approximate surface area is 164 Å². The van der Waals surface area contributed by atoms with Gasteiger partial charge in [0.1, 0.15) is 11.3 Å². The molecule has 1 aromatic heterocycles. The van der Waals surface area contributed by atoms with Crippen molar-refractivity contribution < 1.29 is 9.52 Å². The minimum absolute atomic E-state index is 0.252. The van der Waals surface area contributed by atoms with Crippen LogP contribution in [0.2, 0.25) is 0 Å². The summed E-state index contributed by atoms with van der Waals surface area (Å²) in [6.07, 6.45) is 0.713. The van der Waals surface area contributed by atoms with Gasteiger partial charge in [-0.2, -0.15) is 0 Å². The minimum atomic E-state index is -0.394. The van der Waals surface area contributed by atoms with Crippen LogP contribution in [0.5, 0.6) is 5.75 Å². The standard InChI is InChI=1S/C23H26N2O3/c1-3-16-13-19-18(17-7-5-4-6-8-17)14-21(26)28-23(19)20(22(16)27)15-25-11-9-24(2)10-12-25/h4-8,13-14,27H,3,9-12,15H2,1-2H3. The normalized spacial score (nSPS) is 15.9. The lowest BCUT2D eigenvalue weighted by molar-refractivity contribution is 0.147. The summed E-state index contributed by atoms with van der Waals surface area (Å²) >= 11 is 0. The van der Waals surface area contributed by atoms with E-state index in [9.17, 15) is 9.90 Å². The maximum atomic E-state index is 12.4. The molecule has 0 aliphatic carbocycles. The molecule has 2 heterocycles. The summed E-state index contributed by atoms with van der Waals surface area (Å²) in [5, 5.41) is 11.8. The molecule has 1 saturated heterocycles. The van der Waals surface area contributed by atoms with Crippen molar-refractivity contribution in [1.82, 2.24) is 9.80 Å². The lowest BCUT2D eigenvalue weighted by Crippen LogP contribution is -2.43. The number of aromatic hydroxyl groups is 1. The molecule has 0 spiro atoms. The highest BCUT2D eigenvalue weighted by molar-refractivity contribution is 5.96. The van der Waals surface area contributed by atoms with Gasteiger partial charge < -0.3 is 14.4 Å². The number of rotatable bonds is 4. The Morgan fingerprint density at radius 3 is 2.46 bits per heavy atom. The van der Waals surface area contributed by atoms with Gasteiger partial charge in [0.15, 0.2) is 0 Å². The zero-order valence-corrected chi connectivity index (χ0v) is 16.4. The van der Waals surface area contributed by atoms with Gasteiger partial charge in [0, 0.05) is 44.2 Å². The van der Waals surface area contributed by atoms with E-state index in [0.717, 1.165) is 48.3 Å². The second-order valence-corrected chi connectivity index (χ2v) is 7.52. The summed E-state index contributed by atoms with van der Waals surface area (Å²) in [5.41, 5.74) is 3.52. The second-order valence-electron chi connectivity index (χ2n) is 7.52. The zero-order chi connectivity index (χ0) is 19.7. The van der Waals surface area contributed by atoms with E-state index in [-0.39, 0.29) is 5.75 Å². The summed E-state index contributed by atoms with van der Waals surface area (Å²) in [6, 6.07) is 13.4. The summed E-state index contributed by atoms with van der Waals surface area (Å²) in [4.78, 5) is 17.0. The van der Waals surface area contributed by atoms with Crippen molar-refractivity contribution in [2.75, 3.05) is 33.2 Å². The number of phenols is 1. The van der Waals surface area contributed by atoms with E-state index in [2.05, 4.69) is 16.8 Å². The molecule has 3 aromatic rings. The number of nitrogens with zero attached hydrogens (tertiary/aromatic N) is 2. The van der Waals surface area contributed by atoms with Crippen LogP contribution in [-0.2, 0) is 13.0 Å². The Morgan fingerprint density at radius 1 is 1.07 bits per heavy atom. The Hall–Kier alpha value is -2.63. The number of phenolic OH excluding ortho intramolecular Hbond substituents is 1. The van der Waals surface area contributed by atoms with Crippen LogP contribution in [-0.4, -0.2) is 48.1 Å². The predicted molar refractivity (Wildman–Crippen MR) is 112 cm³/mol. The molecule has 0 unspecified atom stereocenters. The van der Waals surface area contributed by atoms with Gasteiger partial charge in [0.25, 0.3) is 0 Å². The van der Waals surface area contributed by atoms with Gasteiger partial charge in [-0.25, -0.2) is 4.79 Å². The molecular weight excluding hydrogens is 352 g/mol. The van der Waals surface area contributed by atoms with E-state index in [0.29, 0.717) is 24.1 Å². The Balaban J connectivity index is 1.89. The predicted octanol–water partition coefficient (Wildman–Crippen LogP) is 3.48. The van der Waals surface area contributed by atoms with Crippen molar-refractivity contribution in [3.63, 3.8) is 0 Å². The average Bonchev–Trinajstić information content (AvgIpc) is 2.71. The Morgan fingerprint density at radius 2 is 1.79 bits per heavy atom. The average molecular weight is 378 g/mol. The van der Waals surface area contributed by atoms with E-state index < -0.39 is 5.63 Å². The first-order valence-corrected chi connectivity index (χ1v) is 9.84. The van der Waals surface area contributed by atoms with Crippen LogP contribution >= 0.6 is 0 Å². The number of aryl methyl sites for hydroxylation is 1. The zero-order valence-electron chi connectivity index (χ0n) is 16.4. The lowest BCUT2D eigenvalue weighted by Gasteiger charge is -2.32. The molecule has 0 atom stereocenters. The summed E-state index contributed by atoms with van der Waals surface area (Å²) in [6.45, 7) is 6.44. The molecule has 146 valence electrons. The quantitative estimate of drug-likeness (QED) is 0.705. The molecule has 1 fully saturated rings. The van der Waals surface area contributed by atoms with Crippen molar-refractivity contribution in [1.29, 1.82) is 0 Å². The molecule has 0 amide bonds. The van der Waals surface area contributed by atoms with Crippen molar-refractivity contribution in [3.05, 3.63) is 64.0 Å². The van der Waals surface area contributed by atoms with E-state index in [4.69, 9.17) is 4.42 Å². The van der Waals surface area contributed by atoms with E-state index >= 15 is 0 Å². The number of hydrogen-bond acceptors (Lipinski definition) is 5. The third-order valence-corrected chi connectivity index (χ3v) is 5.63. The van der Waals surface area contributed by atoms with Gasteiger partial charge in [0.2, 0.25) is 0 Å². The van der Waals surface area contributed by atoms with E-state index in [1.807, 2.05) is 43.3 Å². The number of fused-ring (bicyclic) bond motifs is 1. The van der Waals surface area contributed by atoms with Gasteiger partial charge in [-0.15, -0.1) is 0 Å². The maximum Gasteiger partial charge on any atom is 0.336 e. The molecule has 0 radical (unpaired) electrons. The molecule has 5 nitrogen and oxygen atoms in total. The highest BCUT2D eigenvalue weighted by atomic mass is 16.4.